The van der Waals surface area contributed by atoms with Crippen molar-refractivity contribution >= 4 is 29.9 Å². The first-order valence-corrected chi connectivity index (χ1v) is 14.0. The first kappa shape index (κ1) is 24.7. The number of aliphatic hydroxyl groups excluding tert-OH is 1. The zero-order valence-corrected chi connectivity index (χ0v) is 18.9. The molecular formula is C18H20F2N2O7S3. The first-order chi connectivity index (χ1) is 14.8. The molecule has 32 heavy (non-hydrogen) atoms. The molecule has 2 atom stereocenters. The Morgan fingerprint density at radius 2 is 1.41 bits per heavy atom. The van der Waals surface area contributed by atoms with Gasteiger partial charge in [0.15, 0.2) is 9.84 Å². The quantitative estimate of drug-likeness (QED) is 0.513. The molecule has 0 saturated carbocycles. The molecule has 0 aromatic heterocycles. The lowest BCUT2D eigenvalue weighted by atomic mass is 10.2. The van der Waals surface area contributed by atoms with Gasteiger partial charge in [0.2, 0.25) is 20.0 Å². The molecule has 176 valence electrons. The fraction of sp³-hybridized carbons (Fsp3) is 0.333. The number of nitrogens with zero attached hydrogens (tertiary/aromatic N) is 1. The maximum atomic E-state index is 13.2. The van der Waals surface area contributed by atoms with Crippen molar-refractivity contribution in [2.45, 2.75) is 21.9 Å². The van der Waals surface area contributed by atoms with E-state index in [0.717, 1.165) is 48.5 Å². The highest BCUT2D eigenvalue weighted by atomic mass is 32.2. The van der Waals surface area contributed by atoms with E-state index in [2.05, 4.69) is 4.72 Å². The molecule has 0 amide bonds. The number of aliphatic hydroxyl groups is 1. The monoisotopic (exact) mass is 510 g/mol. The molecule has 3 rings (SSSR count). The molecule has 1 aliphatic rings. The van der Waals surface area contributed by atoms with Crippen molar-refractivity contribution in [3.05, 3.63) is 60.2 Å². The molecule has 2 N–H and O–H groups in total. The van der Waals surface area contributed by atoms with Crippen LogP contribution in [0.1, 0.15) is 0 Å². The zero-order valence-electron chi connectivity index (χ0n) is 16.4. The number of sulfone groups is 1. The van der Waals surface area contributed by atoms with E-state index >= 15 is 0 Å². The van der Waals surface area contributed by atoms with Crippen molar-refractivity contribution in [3.63, 3.8) is 0 Å². The van der Waals surface area contributed by atoms with Crippen molar-refractivity contribution in [2.75, 3.05) is 24.6 Å². The van der Waals surface area contributed by atoms with Crippen molar-refractivity contribution in [3.8, 4) is 0 Å². The third kappa shape index (κ3) is 5.50. The van der Waals surface area contributed by atoms with Crippen LogP contribution in [-0.4, -0.2) is 71.4 Å². The lowest BCUT2D eigenvalue weighted by Crippen LogP contribution is -2.49. The minimum atomic E-state index is -4.41. The SMILES string of the molecule is O=S1(=O)C[C@@H](O)[C@H](N(CCNS(=O)(=O)c2ccc(F)cc2)S(=O)(=O)c2ccc(F)cc2)C1. The fourth-order valence-corrected chi connectivity index (χ4v) is 7.85. The van der Waals surface area contributed by atoms with Gasteiger partial charge in [-0.2, -0.15) is 4.31 Å². The Morgan fingerprint density at radius 3 is 1.88 bits per heavy atom. The average molecular weight is 511 g/mol. The molecule has 2 aromatic carbocycles. The highest BCUT2D eigenvalue weighted by Gasteiger charge is 2.44. The molecule has 1 heterocycles. The summed E-state index contributed by atoms with van der Waals surface area (Å²) in [4.78, 5) is -0.605. The second-order valence-corrected chi connectivity index (χ2v) is 12.9. The summed E-state index contributed by atoms with van der Waals surface area (Å²) in [7, 11) is -12.3. The molecule has 2 aromatic rings. The maximum Gasteiger partial charge on any atom is 0.243 e. The van der Waals surface area contributed by atoms with Crippen LogP contribution in [0.5, 0.6) is 0 Å². The highest BCUT2D eigenvalue weighted by molar-refractivity contribution is 7.92. The number of halogens is 2. The van der Waals surface area contributed by atoms with Gasteiger partial charge in [-0.05, 0) is 48.5 Å². The zero-order chi connectivity index (χ0) is 23.7. The van der Waals surface area contributed by atoms with Crippen LogP contribution in [0.3, 0.4) is 0 Å². The molecule has 9 nitrogen and oxygen atoms in total. The Balaban J connectivity index is 1.86. The average Bonchev–Trinajstić information content (AvgIpc) is 2.97. The number of hydrogen-bond donors (Lipinski definition) is 2. The van der Waals surface area contributed by atoms with Crippen LogP contribution in [0.15, 0.2) is 58.3 Å². The molecule has 0 radical (unpaired) electrons. The Kier molecular flexibility index (Phi) is 7.02. The lowest BCUT2D eigenvalue weighted by Gasteiger charge is -2.29. The summed E-state index contributed by atoms with van der Waals surface area (Å²) >= 11 is 0. The van der Waals surface area contributed by atoms with Gasteiger partial charge in [-0.15, -0.1) is 0 Å². The van der Waals surface area contributed by atoms with Crippen molar-refractivity contribution in [2.24, 2.45) is 0 Å². The van der Waals surface area contributed by atoms with Gasteiger partial charge >= 0.3 is 0 Å². The summed E-state index contributed by atoms with van der Waals surface area (Å²) in [5, 5.41) is 10.2. The number of hydrogen-bond acceptors (Lipinski definition) is 7. The van der Waals surface area contributed by atoms with Gasteiger partial charge in [0.05, 0.1) is 33.4 Å². The summed E-state index contributed by atoms with van der Waals surface area (Å²) in [6, 6.07) is 6.36. The van der Waals surface area contributed by atoms with Crippen LogP contribution in [-0.2, 0) is 29.9 Å². The van der Waals surface area contributed by atoms with E-state index < -0.39 is 78.3 Å². The van der Waals surface area contributed by atoms with Crippen LogP contribution in [0.2, 0.25) is 0 Å². The van der Waals surface area contributed by atoms with Crippen LogP contribution in [0, 0.1) is 11.6 Å². The predicted octanol–water partition coefficient (Wildman–Crippen LogP) is 0.0919. The Morgan fingerprint density at radius 1 is 0.906 bits per heavy atom. The number of sulfonamides is 2. The van der Waals surface area contributed by atoms with Gasteiger partial charge in [-0.1, -0.05) is 0 Å². The molecule has 0 bridgehead atoms. The third-order valence-corrected chi connectivity index (χ3v) is 9.95. The summed E-state index contributed by atoms with van der Waals surface area (Å²) < 4.78 is 104. The van der Waals surface area contributed by atoms with Crippen LogP contribution >= 0.6 is 0 Å². The predicted molar refractivity (Wildman–Crippen MR) is 110 cm³/mol. The van der Waals surface area contributed by atoms with Crippen molar-refractivity contribution in [1.29, 1.82) is 0 Å². The number of rotatable bonds is 8. The van der Waals surface area contributed by atoms with Crippen LogP contribution in [0.4, 0.5) is 8.78 Å². The van der Waals surface area contributed by atoms with E-state index in [1.807, 2.05) is 0 Å². The summed E-state index contributed by atoms with van der Waals surface area (Å²) in [5.74, 6) is -2.63. The molecule has 0 spiro atoms. The molecule has 1 saturated heterocycles. The maximum absolute atomic E-state index is 13.2. The normalized spacial score (nSPS) is 21.1. The van der Waals surface area contributed by atoms with Crippen LogP contribution in [0.25, 0.3) is 0 Å². The minimum Gasteiger partial charge on any atom is -0.390 e. The molecule has 0 aliphatic carbocycles. The lowest BCUT2D eigenvalue weighted by molar-refractivity contribution is 0.128. The molecule has 1 aliphatic heterocycles. The van der Waals surface area contributed by atoms with Gasteiger partial charge in [-0.25, -0.2) is 38.8 Å². The van der Waals surface area contributed by atoms with E-state index in [9.17, 15) is 39.1 Å². The van der Waals surface area contributed by atoms with Gasteiger partial charge in [0.25, 0.3) is 0 Å². The summed E-state index contributed by atoms with van der Waals surface area (Å²) in [6.07, 6.45) is -1.52. The third-order valence-electron chi connectivity index (χ3n) is 4.83. The largest absolute Gasteiger partial charge is 0.390 e. The topological polar surface area (TPSA) is 138 Å². The fourth-order valence-electron chi connectivity index (χ4n) is 3.28. The second-order valence-electron chi connectivity index (χ2n) is 7.13. The van der Waals surface area contributed by atoms with E-state index in [-0.39, 0.29) is 9.79 Å². The van der Waals surface area contributed by atoms with Gasteiger partial charge in [0, 0.05) is 13.1 Å². The smallest absolute Gasteiger partial charge is 0.243 e. The Bertz CT molecular complexity index is 1280. The Hall–Kier alpha value is -1.97. The Labute approximate surface area is 184 Å². The van der Waals surface area contributed by atoms with Crippen molar-refractivity contribution in [1.82, 2.24) is 9.03 Å². The molecule has 0 unspecified atom stereocenters. The molecule has 14 heteroatoms. The van der Waals surface area contributed by atoms with Gasteiger partial charge < -0.3 is 5.11 Å². The van der Waals surface area contributed by atoms with E-state index in [1.54, 1.807) is 0 Å². The van der Waals surface area contributed by atoms with Gasteiger partial charge in [0.1, 0.15) is 11.6 Å². The van der Waals surface area contributed by atoms with Crippen LogP contribution < -0.4 is 4.72 Å². The summed E-state index contributed by atoms with van der Waals surface area (Å²) in [6.45, 7) is -0.985. The highest BCUT2D eigenvalue weighted by Crippen LogP contribution is 2.25. The number of benzene rings is 2. The first-order valence-electron chi connectivity index (χ1n) is 9.23. The minimum absolute atomic E-state index is 0.254. The van der Waals surface area contributed by atoms with Gasteiger partial charge in [-0.3, -0.25) is 0 Å². The summed E-state index contributed by atoms with van der Waals surface area (Å²) in [5.41, 5.74) is 0. The van der Waals surface area contributed by atoms with Crippen molar-refractivity contribution < 1.29 is 39.1 Å². The molecular weight excluding hydrogens is 490 g/mol. The second kappa shape index (κ2) is 9.11. The number of nitrogens with one attached hydrogen (secondary N) is 1. The van der Waals surface area contributed by atoms with E-state index in [0.29, 0.717) is 4.31 Å². The standard InChI is InChI=1S/C18H20F2N2O7S3/c19-13-1-5-15(6-2-13)31(26,27)21-9-10-22(17-11-30(24,25)12-18(17)23)32(28,29)16-7-3-14(20)4-8-16/h1-8,17-18,21,23H,9-12H2/t17-,18-/m1/s1. The van der Waals surface area contributed by atoms with E-state index in [4.69, 9.17) is 0 Å². The van der Waals surface area contributed by atoms with E-state index in [1.165, 1.54) is 0 Å². The molecule has 1 fully saturated rings.